The van der Waals surface area contributed by atoms with Crippen LogP contribution in [-0.2, 0) is 4.74 Å². The van der Waals surface area contributed by atoms with Crippen molar-refractivity contribution in [3.8, 4) is 0 Å². The predicted octanol–water partition coefficient (Wildman–Crippen LogP) is 0.587. The van der Waals surface area contributed by atoms with Gasteiger partial charge in [-0.05, 0) is 6.92 Å². The fourth-order valence-corrected chi connectivity index (χ4v) is 0.799. The highest BCUT2D eigenvalue weighted by atomic mass is 19.3. The molecule has 0 amide bonds. The molecule has 0 aromatic heterocycles. The Balaban J connectivity index is 2.41. The molecule has 1 aliphatic rings. The van der Waals surface area contributed by atoms with Gasteiger partial charge in [0, 0.05) is 6.54 Å². The van der Waals surface area contributed by atoms with Crippen molar-refractivity contribution >= 4 is 0 Å². The quantitative estimate of drug-likeness (QED) is 0.527. The van der Waals surface area contributed by atoms with Crippen LogP contribution in [-0.4, -0.2) is 25.3 Å². The van der Waals surface area contributed by atoms with E-state index < -0.39 is 6.11 Å². The van der Waals surface area contributed by atoms with Crippen molar-refractivity contribution in [2.24, 2.45) is 0 Å². The number of alkyl halides is 2. The first-order chi connectivity index (χ1) is 4.10. The molecule has 0 aromatic rings. The highest BCUT2D eigenvalue weighted by Crippen LogP contribution is 2.18. The van der Waals surface area contributed by atoms with Crippen molar-refractivity contribution in [1.82, 2.24) is 5.32 Å². The van der Waals surface area contributed by atoms with E-state index in [0.29, 0.717) is 6.54 Å². The molecule has 0 saturated carbocycles. The van der Waals surface area contributed by atoms with Gasteiger partial charge < -0.3 is 10.1 Å². The molecule has 1 N–H and O–H groups in total. The average molecular weight is 137 g/mol. The molecule has 0 radical (unpaired) electrons. The van der Waals surface area contributed by atoms with Crippen molar-refractivity contribution in [2.45, 2.75) is 19.1 Å². The maximum atomic E-state index is 12.2. The fourth-order valence-electron chi connectivity index (χ4n) is 0.799. The van der Waals surface area contributed by atoms with Gasteiger partial charge in [0.15, 0.2) is 0 Å². The third-order valence-electron chi connectivity index (χ3n) is 1.14. The molecule has 54 valence electrons. The van der Waals surface area contributed by atoms with Crippen LogP contribution in [0.3, 0.4) is 0 Å². The topological polar surface area (TPSA) is 21.3 Å². The third kappa shape index (κ3) is 1.87. The molecule has 1 heterocycles. The molecule has 0 bridgehead atoms. The second-order valence-corrected chi connectivity index (χ2v) is 2.20. The van der Waals surface area contributed by atoms with E-state index in [1.54, 1.807) is 6.92 Å². The van der Waals surface area contributed by atoms with Gasteiger partial charge in [-0.15, -0.1) is 0 Å². The van der Waals surface area contributed by atoms with Crippen LogP contribution in [0.2, 0.25) is 0 Å². The number of ether oxygens (including phenoxy) is 1. The van der Waals surface area contributed by atoms with Crippen LogP contribution >= 0.6 is 0 Å². The van der Waals surface area contributed by atoms with E-state index in [2.05, 4.69) is 10.1 Å². The van der Waals surface area contributed by atoms with Gasteiger partial charge >= 0.3 is 6.11 Å². The molecule has 1 saturated heterocycles. The predicted molar refractivity (Wildman–Crippen MR) is 28.4 cm³/mol. The van der Waals surface area contributed by atoms with Crippen LogP contribution in [0.25, 0.3) is 0 Å². The number of hydrogen-bond acceptors (Lipinski definition) is 2. The normalized spacial score (nSPS) is 34.3. The van der Waals surface area contributed by atoms with E-state index in [0.717, 1.165) is 0 Å². The van der Waals surface area contributed by atoms with E-state index in [1.165, 1.54) is 0 Å². The van der Waals surface area contributed by atoms with E-state index in [9.17, 15) is 8.78 Å². The van der Waals surface area contributed by atoms with Crippen molar-refractivity contribution in [2.75, 3.05) is 13.1 Å². The minimum Gasteiger partial charge on any atom is -0.315 e. The molecule has 1 fully saturated rings. The van der Waals surface area contributed by atoms with Gasteiger partial charge in [-0.2, -0.15) is 8.78 Å². The Hall–Kier alpha value is -0.220. The highest BCUT2D eigenvalue weighted by Gasteiger charge is 2.35. The lowest BCUT2D eigenvalue weighted by atomic mass is 10.3. The summed E-state index contributed by atoms with van der Waals surface area (Å²) in [4.78, 5) is 0. The molecule has 0 aromatic carbocycles. The highest BCUT2D eigenvalue weighted by molar-refractivity contribution is 4.69. The summed E-state index contributed by atoms with van der Waals surface area (Å²) in [5.74, 6) is 0. The molecular weight excluding hydrogens is 128 g/mol. The monoisotopic (exact) mass is 137 g/mol. The van der Waals surface area contributed by atoms with E-state index in [1.807, 2.05) is 0 Å². The van der Waals surface area contributed by atoms with Crippen LogP contribution in [0, 0.1) is 0 Å². The van der Waals surface area contributed by atoms with Gasteiger partial charge in [0.1, 0.15) is 0 Å². The Kier molecular flexibility index (Phi) is 1.68. The first-order valence-electron chi connectivity index (χ1n) is 2.86. The van der Waals surface area contributed by atoms with Gasteiger partial charge in [0.25, 0.3) is 0 Å². The molecule has 0 spiro atoms. The van der Waals surface area contributed by atoms with Gasteiger partial charge in [0.2, 0.25) is 0 Å². The van der Waals surface area contributed by atoms with Crippen LogP contribution in [0.15, 0.2) is 0 Å². The van der Waals surface area contributed by atoms with Crippen LogP contribution in [0.5, 0.6) is 0 Å². The molecule has 0 aliphatic carbocycles. The minimum atomic E-state index is -2.96. The summed E-state index contributed by atoms with van der Waals surface area (Å²) in [6, 6.07) is 0. The first-order valence-corrected chi connectivity index (χ1v) is 2.86. The molecule has 4 heteroatoms. The molecule has 1 atom stereocenters. The maximum Gasteiger partial charge on any atom is 0.368 e. The van der Waals surface area contributed by atoms with Crippen molar-refractivity contribution < 1.29 is 13.5 Å². The summed E-state index contributed by atoms with van der Waals surface area (Å²) in [7, 11) is 0. The SMILES string of the molecule is C[C@@H]1CNCC(F)(F)O1. The molecular formula is C5H9F2NO. The zero-order chi connectivity index (χ0) is 6.91. The maximum absolute atomic E-state index is 12.2. The number of halogens is 2. The number of nitrogens with one attached hydrogen (secondary N) is 1. The molecule has 1 aliphatic heterocycles. The summed E-state index contributed by atoms with van der Waals surface area (Å²) in [5.41, 5.74) is 0. The van der Waals surface area contributed by atoms with Crippen molar-refractivity contribution in [1.29, 1.82) is 0 Å². The Morgan fingerprint density at radius 1 is 1.67 bits per heavy atom. The van der Waals surface area contributed by atoms with E-state index in [4.69, 9.17) is 0 Å². The smallest absolute Gasteiger partial charge is 0.315 e. The number of rotatable bonds is 0. The van der Waals surface area contributed by atoms with E-state index >= 15 is 0 Å². The third-order valence-corrected chi connectivity index (χ3v) is 1.14. The second kappa shape index (κ2) is 2.19. The zero-order valence-corrected chi connectivity index (χ0v) is 5.16. The average Bonchev–Trinajstić information content (AvgIpc) is 1.60. The molecule has 9 heavy (non-hydrogen) atoms. The van der Waals surface area contributed by atoms with Crippen molar-refractivity contribution in [3.05, 3.63) is 0 Å². The summed E-state index contributed by atoms with van der Waals surface area (Å²) in [6.07, 6.45) is -3.34. The lowest BCUT2D eigenvalue weighted by Gasteiger charge is -2.27. The second-order valence-electron chi connectivity index (χ2n) is 2.20. The largest absolute Gasteiger partial charge is 0.368 e. The van der Waals surface area contributed by atoms with Crippen LogP contribution in [0.4, 0.5) is 8.78 Å². The van der Waals surface area contributed by atoms with E-state index in [-0.39, 0.29) is 12.6 Å². The summed E-state index contributed by atoms with van der Waals surface area (Å²) in [6.45, 7) is 1.76. The number of morpholine rings is 1. The lowest BCUT2D eigenvalue weighted by Crippen LogP contribution is -2.47. The van der Waals surface area contributed by atoms with Gasteiger partial charge in [-0.25, -0.2) is 0 Å². The Morgan fingerprint density at radius 2 is 2.33 bits per heavy atom. The first kappa shape index (κ1) is 6.89. The standard InChI is InChI=1S/C5H9F2NO/c1-4-2-8-3-5(6,7)9-4/h4,8H,2-3H2,1H3/t4-/m1/s1. The zero-order valence-electron chi connectivity index (χ0n) is 5.16. The summed E-state index contributed by atoms with van der Waals surface area (Å²) >= 11 is 0. The lowest BCUT2D eigenvalue weighted by molar-refractivity contribution is -0.269. The Morgan fingerprint density at radius 3 is 2.67 bits per heavy atom. The van der Waals surface area contributed by atoms with Crippen LogP contribution in [0.1, 0.15) is 6.92 Å². The minimum absolute atomic E-state index is 0.364. The Bertz CT molecular complexity index is 107. The fraction of sp³-hybridized carbons (Fsp3) is 1.00. The van der Waals surface area contributed by atoms with Gasteiger partial charge in [0.05, 0.1) is 12.6 Å². The molecule has 2 nitrogen and oxygen atoms in total. The molecule has 0 unspecified atom stereocenters. The van der Waals surface area contributed by atoms with Crippen molar-refractivity contribution in [3.63, 3.8) is 0 Å². The summed E-state index contributed by atoms with van der Waals surface area (Å²) in [5, 5.41) is 2.55. The van der Waals surface area contributed by atoms with Gasteiger partial charge in [-0.1, -0.05) is 0 Å². The van der Waals surface area contributed by atoms with Crippen LogP contribution < -0.4 is 5.32 Å². The summed E-state index contributed by atoms with van der Waals surface area (Å²) < 4.78 is 28.6. The Labute approximate surface area is 52.2 Å². The van der Waals surface area contributed by atoms with Gasteiger partial charge in [-0.3, -0.25) is 0 Å². The number of hydrogen-bond donors (Lipinski definition) is 1. The molecule has 1 rings (SSSR count).